The highest BCUT2D eigenvalue weighted by Crippen LogP contribution is 2.29. The Morgan fingerprint density at radius 2 is 2.06 bits per heavy atom. The van der Waals surface area contributed by atoms with Crippen LogP contribution in [0.2, 0.25) is 0 Å². The van der Waals surface area contributed by atoms with Crippen molar-refractivity contribution in [3.63, 3.8) is 0 Å². The maximum absolute atomic E-state index is 11.7. The Balaban J connectivity index is 2.39. The third-order valence-corrected chi connectivity index (χ3v) is 4.35. The van der Waals surface area contributed by atoms with Gasteiger partial charge in [-0.15, -0.1) is 11.8 Å². The number of hydrogen-bond donors (Lipinski definition) is 1. The van der Waals surface area contributed by atoms with E-state index in [9.17, 15) is 9.59 Å². The molecule has 0 radical (unpaired) electrons. The number of Topliss-reactive ketones (excluding diaryl/α,β-unsaturated/α-hetero) is 1. The molecule has 5 heteroatoms. The lowest BCUT2D eigenvalue weighted by atomic mass is 10.0. The number of nitrogens with one attached hydrogen (secondary N) is 1. The summed E-state index contributed by atoms with van der Waals surface area (Å²) in [4.78, 5) is 22.7. The highest BCUT2D eigenvalue weighted by atomic mass is 32.2. The van der Waals surface area contributed by atoms with Gasteiger partial charge in [0, 0.05) is 0 Å². The monoisotopic (exact) mass is 254 g/mol. The van der Waals surface area contributed by atoms with Crippen molar-refractivity contribution in [2.24, 2.45) is 0 Å². The Kier molecular flexibility index (Phi) is 5.01. The third-order valence-electron chi connectivity index (χ3n) is 3.09. The van der Waals surface area contributed by atoms with Gasteiger partial charge in [-0.3, -0.25) is 9.59 Å². The average molecular weight is 254 g/mol. The van der Waals surface area contributed by atoms with E-state index >= 15 is 0 Å². The van der Waals surface area contributed by atoms with Crippen LogP contribution in [0.1, 0.15) is 39.5 Å². The molecule has 1 N–H and O–H groups in total. The van der Waals surface area contributed by atoms with Gasteiger partial charge in [-0.1, -0.05) is 0 Å². The van der Waals surface area contributed by atoms with E-state index < -0.39 is 5.54 Å². The van der Waals surface area contributed by atoms with Crippen LogP contribution in [0.3, 0.4) is 0 Å². The van der Waals surface area contributed by atoms with Crippen LogP contribution in [0.15, 0.2) is 0 Å². The molecule has 0 saturated heterocycles. The van der Waals surface area contributed by atoms with Crippen molar-refractivity contribution in [2.75, 3.05) is 5.75 Å². The first-order chi connectivity index (χ1) is 7.99. The maximum Gasteiger partial charge on any atom is 0.231 e. The smallest absolute Gasteiger partial charge is 0.231 e. The molecule has 1 aliphatic carbocycles. The van der Waals surface area contributed by atoms with Gasteiger partial charge >= 0.3 is 0 Å². The number of thioether (sulfide) groups is 1. The van der Waals surface area contributed by atoms with Gasteiger partial charge in [0.05, 0.1) is 17.1 Å². The van der Waals surface area contributed by atoms with Crippen molar-refractivity contribution in [3.8, 4) is 6.07 Å². The van der Waals surface area contributed by atoms with Crippen molar-refractivity contribution in [1.29, 1.82) is 5.26 Å². The Bertz CT molecular complexity index is 343. The Labute approximate surface area is 106 Å². The van der Waals surface area contributed by atoms with Crippen LogP contribution < -0.4 is 5.32 Å². The molecule has 1 atom stereocenters. The van der Waals surface area contributed by atoms with Crippen LogP contribution in [0.4, 0.5) is 0 Å². The van der Waals surface area contributed by atoms with Gasteiger partial charge in [0.25, 0.3) is 0 Å². The van der Waals surface area contributed by atoms with Crippen LogP contribution in [-0.2, 0) is 9.59 Å². The van der Waals surface area contributed by atoms with Crippen molar-refractivity contribution in [3.05, 3.63) is 0 Å². The number of carbonyl (C=O) groups excluding carboxylic acids is 2. The van der Waals surface area contributed by atoms with Crippen molar-refractivity contribution < 1.29 is 9.59 Å². The van der Waals surface area contributed by atoms with E-state index in [-0.39, 0.29) is 22.7 Å². The quantitative estimate of drug-likeness (QED) is 0.810. The first kappa shape index (κ1) is 14.0. The number of nitriles is 1. The molecule has 94 valence electrons. The second-order valence-corrected chi connectivity index (χ2v) is 5.84. The number of rotatable bonds is 5. The van der Waals surface area contributed by atoms with Crippen molar-refractivity contribution >= 4 is 23.5 Å². The summed E-state index contributed by atoms with van der Waals surface area (Å²) in [5.74, 6) is 0.162. The van der Waals surface area contributed by atoms with Crippen LogP contribution in [0.25, 0.3) is 0 Å². The van der Waals surface area contributed by atoms with Gasteiger partial charge in [0.1, 0.15) is 11.3 Å². The SMILES string of the molecule is CC(=O)[C@H](C)SCC(=O)NC1(C#N)CCCC1. The number of nitrogens with zero attached hydrogens (tertiary/aromatic N) is 1. The van der Waals surface area contributed by atoms with Gasteiger partial charge in [0.15, 0.2) is 0 Å². The molecule has 0 aromatic rings. The highest BCUT2D eigenvalue weighted by Gasteiger charge is 2.35. The maximum atomic E-state index is 11.7. The molecule has 0 bridgehead atoms. The molecule has 1 saturated carbocycles. The number of hydrogen-bond acceptors (Lipinski definition) is 4. The molecular weight excluding hydrogens is 236 g/mol. The van der Waals surface area contributed by atoms with E-state index in [0.29, 0.717) is 0 Å². The second kappa shape index (κ2) is 6.06. The van der Waals surface area contributed by atoms with Gasteiger partial charge in [-0.2, -0.15) is 5.26 Å². The topological polar surface area (TPSA) is 70.0 Å². The van der Waals surface area contributed by atoms with Gasteiger partial charge in [0.2, 0.25) is 5.91 Å². The first-order valence-electron chi connectivity index (χ1n) is 5.83. The summed E-state index contributed by atoms with van der Waals surface area (Å²) in [7, 11) is 0. The van der Waals surface area contributed by atoms with Gasteiger partial charge in [-0.05, 0) is 39.5 Å². The molecule has 1 rings (SSSR count). The molecular formula is C12H18N2O2S. The molecule has 1 amide bonds. The molecule has 0 heterocycles. The molecule has 4 nitrogen and oxygen atoms in total. The lowest BCUT2D eigenvalue weighted by molar-refractivity contribution is -0.119. The summed E-state index contributed by atoms with van der Waals surface area (Å²) in [5, 5.41) is 11.7. The highest BCUT2D eigenvalue weighted by molar-refractivity contribution is 8.01. The fourth-order valence-corrected chi connectivity index (χ4v) is 2.57. The van der Waals surface area contributed by atoms with Crippen LogP contribution >= 0.6 is 11.8 Å². The van der Waals surface area contributed by atoms with E-state index in [0.717, 1.165) is 25.7 Å². The molecule has 17 heavy (non-hydrogen) atoms. The van der Waals surface area contributed by atoms with E-state index in [1.54, 1.807) is 6.92 Å². The zero-order chi connectivity index (χ0) is 12.9. The minimum Gasteiger partial charge on any atom is -0.337 e. The molecule has 0 aromatic carbocycles. The normalized spacial score (nSPS) is 19.4. The predicted octanol–water partition coefficient (Wildman–Crippen LogP) is 1.65. The largest absolute Gasteiger partial charge is 0.337 e. The summed E-state index contributed by atoms with van der Waals surface area (Å²) in [6, 6.07) is 2.21. The summed E-state index contributed by atoms with van der Waals surface area (Å²) < 4.78 is 0. The summed E-state index contributed by atoms with van der Waals surface area (Å²) >= 11 is 1.31. The molecule has 1 aliphatic rings. The van der Waals surface area contributed by atoms with Crippen molar-refractivity contribution in [2.45, 2.75) is 50.3 Å². The lowest BCUT2D eigenvalue weighted by Gasteiger charge is -2.22. The lowest BCUT2D eigenvalue weighted by Crippen LogP contribution is -2.46. The molecule has 0 aliphatic heterocycles. The first-order valence-corrected chi connectivity index (χ1v) is 6.88. The van der Waals surface area contributed by atoms with Crippen LogP contribution in [0, 0.1) is 11.3 Å². The van der Waals surface area contributed by atoms with E-state index in [1.165, 1.54) is 18.7 Å². The van der Waals surface area contributed by atoms with Gasteiger partial charge in [-0.25, -0.2) is 0 Å². The average Bonchev–Trinajstić information content (AvgIpc) is 2.75. The Morgan fingerprint density at radius 1 is 1.47 bits per heavy atom. The molecule has 0 aromatic heterocycles. The Morgan fingerprint density at radius 3 is 2.53 bits per heavy atom. The second-order valence-electron chi connectivity index (χ2n) is 4.51. The number of ketones is 1. The van der Waals surface area contributed by atoms with Gasteiger partial charge < -0.3 is 5.32 Å². The predicted molar refractivity (Wildman–Crippen MR) is 67.6 cm³/mol. The van der Waals surface area contributed by atoms with E-state index in [2.05, 4.69) is 11.4 Å². The Hall–Kier alpha value is -1.02. The molecule has 0 spiro atoms. The minimum atomic E-state index is -0.656. The van der Waals surface area contributed by atoms with E-state index in [4.69, 9.17) is 5.26 Å². The van der Waals surface area contributed by atoms with E-state index in [1.807, 2.05) is 0 Å². The standard InChI is InChI=1S/C12H18N2O2S/c1-9(15)10(2)17-7-11(16)14-12(8-13)5-3-4-6-12/h10H,3-7H2,1-2H3,(H,14,16)/t10-/m0/s1. The molecule has 1 fully saturated rings. The molecule has 0 unspecified atom stereocenters. The zero-order valence-corrected chi connectivity index (χ0v) is 11.1. The summed E-state index contributed by atoms with van der Waals surface area (Å²) in [6.07, 6.45) is 3.46. The third kappa shape index (κ3) is 4.04. The summed E-state index contributed by atoms with van der Waals surface area (Å²) in [5.41, 5.74) is -0.656. The zero-order valence-electron chi connectivity index (χ0n) is 10.3. The number of carbonyl (C=O) groups is 2. The minimum absolute atomic E-state index is 0.0682. The van der Waals surface area contributed by atoms with Crippen molar-refractivity contribution in [1.82, 2.24) is 5.32 Å². The van der Waals surface area contributed by atoms with Crippen LogP contribution in [0.5, 0.6) is 0 Å². The fourth-order valence-electron chi connectivity index (χ4n) is 1.86. The summed E-state index contributed by atoms with van der Waals surface area (Å²) in [6.45, 7) is 3.30. The fraction of sp³-hybridized carbons (Fsp3) is 0.750. The van der Waals surface area contributed by atoms with Crippen LogP contribution in [-0.4, -0.2) is 28.2 Å². The number of amides is 1.